The van der Waals surface area contributed by atoms with Crippen LogP contribution in [0.2, 0.25) is 0 Å². The molecule has 1 aliphatic heterocycles. The predicted octanol–water partition coefficient (Wildman–Crippen LogP) is 2.75. The Bertz CT molecular complexity index is 545. The van der Waals surface area contributed by atoms with Gasteiger partial charge in [-0.1, -0.05) is 25.1 Å². The summed E-state index contributed by atoms with van der Waals surface area (Å²) in [6.45, 7) is 3.87. The van der Waals surface area contributed by atoms with Gasteiger partial charge in [0.2, 0.25) is 0 Å². The van der Waals surface area contributed by atoms with Crippen LogP contribution < -0.4 is 0 Å². The van der Waals surface area contributed by atoms with Gasteiger partial charge in [-0.2, -0.15) is 11.8 Å². The van der Waals surface area contributed by atoms with Gasteiger partial charge in [-0.3, -0.25) is 4.79 Å². The van der Waals surface area contributed by atoms with Crippen molar-refractivity contribution < 1.29 is 4.79 Å². The topological polar surface area (TPSA) is 36.1 Å². The molecule has 4 heteroatoms. The quantitative estimate of drug-likeness (QED) is 0.856. The zero-order chi connectivity index (χ0) is 12.5. The standard InChI is InChI=1S/C14H16N2OS/c1-10-9-16(6-7-18-10)14(17)13-8-11-4-2-3-5-12(11)15-13/h2-5,8,10,15H,6-7,9H2,1H3/t10-/m1/s1. The maximum absolute atomic E-state index is 12.4. The number of thioether (sulfide) groups is 1. The average Bonchev–Trinajstić information content (AvgIpc) is 2.81. The lowest BCUT2D eigenvalue weighted by Crippen LogP contribution is -2.41. The lowest BCUT2D eigenvalue weighted by Gasteiger charge is -2.30. The second kappa shape index (κ2) is 4.69. The highest BCUT2D eigenvalue weighted by atomic mass is 32.2. The zero-order valence-corrected chi connectivity index (χ0v) is 11.2. The van der Waals surface area contributed by atoms with Gasteiger partial charge in [-0.15, -0.1) is 0 Å². The highest BCUT2D eigenvalue weighted by molar-refractivity contribution is 7.99. The van der Waals surface area contributed by atoms with Gasteiger partial charge in [-0.25, -0.2) is 0 Å². The summed E-state index contributed by atoms with van der Waals surface area (Å²) in [4.78, 5) is 17.6. The number of nitrogens with one attached hydrogen (secondary N) is 1. The van der Waals surface area contributed by atoms with E-state index in [-0.39, 0.29) is 5.91 Å². The normalized spacial score (nSPS) is 20.3. The Hall–Kier alpha value is -1.42. The van der Waals surface area contributed by atoms with Crippen molar-refractivity contribution in [2.75, 3.05) is 18.8 Å². The molecule has 1 saturated heterocycles. The highest BCUT2D eigenvalue weighted by Gasteiger charge is 2.23. The lowest BCUT2D eigenvalue weighted by atomic mass is 10.2. The molecule has 1 aliphatic rings. The number of aromatic amines is 1. The first-order chi connectivity index (χ1) is 8.74. The second-order valence-corrected chi connectivity index (χ2v) is 6.25. The van der Waals surface area contributed by atoms with Gasteiger partial charge >= 0.3 is 0 Å². The number of H-pyrrole nitrogens is 1. The van der Waals surface area contributed by atoms with Crippen molar-refractivity contribution in [2.45, 2.75) is 12.2 Å². The summed E-state index contributed by atoms with van der Waals surface area (Å²) in [5.41, 5.74) is 1.73. The number of carbonyl (C=O) groups is 1. The summed E-state index contributed by atoms with van der Waals surface area (Å²) < 4.78 is 0. The van der Waals surface area contributed by atoms with E-state index in [4.69, 9.17) is 0 Å². The van der Waals surface area contributed by atoms with Crippen LogP contribution in [0.15, 0.2) is 30.3 Å². The third-order valence-electron chi connectivity index (χ3n) is 3.29. The third kappa shape index (κ3) is 2.12. The number of hydrogen-bond acceptors (Lipinski definition) is 2. The SMILES string of the molecule is C[C@@H]1CN(C(=O)c2cc3ccccc3[nH]2)CCS1. The van der Waals surface area contributed by atoms with Crippen LogP contribution in [0.3, 0.4) is 0 Å². The highest BCUT2D eigenvalue weighted by Crippen LogP contribution is 2.21. The summed E-state index contributed by atoms with van der Waals surface area (Å²) in [5.74, 6) is 1.16. The van der Waals surface area contributed by atoms with Crippen molar-refractivity contribution in [1.82, 2.24) is 9.88 Å². The number of fused-ring (bicyclic) bond motifs is 1. The van der Waals surface area contributed by atoms with Crippen LogP contribution in [0.4, 0.5) is 0 Å². The number of amides is 1. The number of benzene rings is 1. The molecule has 1 aromatic carbocycles. The van der Waals surface area contributed by atoms with Crippen molar-refractivity contribution in [1.29, 1.82) is 0 Å². The largest absolute Gasteiger partial charge is 0.351 e. The molecule has 18 heavy (non-hydrogen) atoms. The minimum Gasteiger partial charge on any atom is -0.351 e. The van der Waals surface area contributed by atoms with Gasteiger partial charge in [0.05, 0.1) is 0 Å². The minimum absolute atomic E-state index is 0.123. The minimum atomic E-state index is 0.123. The summed E-state index contributed by atoms with van der Waals surface area (Å²) in [7, 11) is 0. The molecule has 0 radical (unpaired) electrons. The molecule has 3 nitrogen and oxygen atoms in total. The molecule has 0 bridgehead atoms. The van der Waals surface area contributed by atoms with Crippen molar-refractivity contribution in [2.24, 2.45) is 0 Å². The maximum atomic E-state index is 12.4. The molecule has 94 valence electrons. The Labute approximate surface area is 111 Å². The average molecular weight is 260 g/mol. The molecule has 0 saturated carbocycles. The molecule has 2 aromatic rings. The molecule has 0 unspecified atom stereocenters. The van der Waals surface area contributed by atoms with Crippen LogP contribution in [0.5, 0.6) is 0 Å². The predicted molar refractivity (Wildman–Crippen MR) is 76.1 cm³/mol. The van der Waals surface area contributed by atoms with Crippen LogP contribution in [0, 0.1) is 0 Å². The van der Waals surface area contributed by atoms with E-state index in [2.05, 4.69) is 11.9 Å². The van der Waals surface area contributed by atoms with E-state index in [9.17, 15) is 4.79 Å². The molecule has 0 aliphatic carbocycles. The molecule has 2 heterocycles. The first-order valence-electron chi connectivity index (χ1n) is 6.22. The van der Waals surface area contributed by atoms with Crippen LogP contribution in [-0.4, -0.2) is 39.9 Å². The number of nitrogens with zero attached hydrogens (tertiary/aromatic N) is 1. The van der Waals surface area contributed by atoms with Crippen LogP contribution in [0.25, 0.3) is 10.9 Å². The van der Waals surface area contributed by atoms with Gasteiger partial charge in [0.25, 0.3) is 5.91 Å². The van der Waals surface area contributed by atoms with Gasteiger partial charge in [0.15, 0.2) is 0 Å². The summed E-state index contributed by atoms with van der Waals surface area (Å²) in [5, 5.41) is 1.63. The smallest absolute Gasteiger partial charge is 0.270 e. The van der Waals surface area contributed by atoms with Crippen molar-refractivity contribution in [3.8, 4) is 0 Å². The number of para-hydroxylation sites is 1. The molecule has 1 amide bonds. The third-order valence-corrected chi connectivity index (χ3v) is 4.43. The molecule has 1 N–H and O–H groups in total. The molecule has 0 spiro atoms. The first-order valence-corrected chi connectivity index (χ1v) is 7.27. The van der Waals surface area contributed by atoms with Crippen molar-refractivity contribution >= 4 is 28.6 Å². The zero-order valence-electron chi connectivity index (χ0n) is 10.3. The van der Waals surface area contributed by atoms with E-state index in [1.165, 1.54) is 0 Å². The Morgan fingerprint density at radius 2 is 2.28 bits per heavy atom. The molecule has 3 rings (SSSR count). The molecular formula is C14H16N2OS. The Morgan fingerprint density at radius 3 is 3.06 bits per heavy atom. The van der Waals surface area contributed by atoms with Gasteiger partial charge in [-0.05, 0) is 12.1 Å². The Balaban J connectivity index is 1.87. The van der Waals surface area contributed by atoms with E-state index in [1.807, 2.05) is 47.0 Å². The van der Waals surface area contributed by atoms with Crippen molar-refractivity contribution in [3.05, 3.63) is 36.0 Å². The van der Waals surface area contributed by atoms with E-state index in [0.29, 0.717) is 10.9 Å². The Morgan fingerprint density at radius 1 is 1.44 bits per heavy atom. The summed E-state index contributed by atoms with van der Waals surface area (Å²) in [6, 6.07) is 9.94. The Kier molecular flexibility index (Phi) is 3.04. The van der Waals surface area contributed by atoms with Gasteiger partial charge in [0, 0.05) is 35.0 Å². The molecule has 1 fully saturated rings. The van der Waals surface area contributed by atoms with E-state index >= 15 is 0 Å². The van der Waals surface area contributed by atoms with E-state index in [0.717, 1.165) is 29.7 Å². The van der Waals surface area contributed by atoms with Crippen molar-refractivity contribution in [3.63, 3.8) is 0 Å². The number of rotatable bonds is 1. The lowest BCUT2D eigenvalue weighted by molar-refractivity contribution is 0.0758. The molecule has 1 atom stereocenters. The number of hydrogen-bond donors (Lipinski definition) is 1. The number of carbonyl (C=O) groups excluding carboxylic acids is 1. The fourth-order valence-corrected chi connectivity index (χ4v) is 3.38. The number of aromatic nitrogens is 1. The second-order valence-electron chi connectivity index (χ2n) is 4.70. The maximum Gasteiger partial charge on any atom is 0.270 e. The van der Waals surface area contributed by atoms with Crippen LogP contribution >= 0.6 is 11.8 Å². The monoisotopic (exact) mass is 260 g/mol. The van der Waals surface area contributed by atoms with Gasteiger partial charge in [0.1, 0.15) is 5.69 Å². The van der Waals surface area contributed by atoms with Crippen LogP contribution in [0.1, 0.15) is 17.4 Å². The first kappa shape index (κ1) is 11.7. The molecule has 1 aromatic heterocycles. The van der Waals surface area contributed by atoms with E-state index < -0.39 is 0 Å². The fourth-order valence-electron chi connectivity index (χ4n) is 2.36. The van der Waals surface area contributed by atoms with Crippen LogP contribution in [-0.2, 0) is 0 Å². The molecular weight excluding hydrogens is 244 g/mol. The summed E-state index contributed by atoms with van der Waals surface area (Å²) in [6.07, 6.45) is 0. The summed E-state index contributed by atoms with van der Waals surface area (Å²) >= 11 is 1.94. The van der Waals surface area contributed by atoms with E-state index in [1.54, 1.807) is 0 Å². The fraction of sp³-hybridized carbons (Fsp3) is 0.357. The van der Waals surface area contributed by atoms with Gasteiger partial charge < -0.3 is 9.88 Å².